The average Bonchev–Trinajstić information content (AvgIpc) is 3.32. The van der Waals surface area contributed by atoms with E-state index < -0.39 is 0 Å². The number of nitrogens with zero attached hydrogens (tertiary/aromatic N) is 2. The van der Waals surface area contributed by atoms with E-state index in [2.05, 4.69) is 63.8 Å². The maximum Gasteiger partial charge on any atom is 0.237 e. The smallest absolute Gasteiger partial charge is 0.237 e. The second-order valence-electron chi connectivity index (χ2n) is 9.85. The van der Waals surface area contributed by atoms with Crippen LogP contribution >= 0.6 is 0 Å². The van der Waals surface area contributed by atoms with Crippen LogP contribution in [0.5, 0.6) is 5.75 Å². The van der Waals surface area contributed by atoms with Gasteiger partial charge in [-0.15, -0.1) is 0 Å². The largest absolute Gasteiger partial charge is 0.496 e. The molecule has 0 spiro atoms. The SMILES string of the molecule is CCCN1CCC(N2C[C@H](NCc3c(OC)ccc4ccccc34)C[C@H]2C(=O)NCCOC)CC1. The van der Waals surface area contributed by atoms with Crippen LogP contribution in [0.25, 0.3) is 10.8 Å². The predicted molar refractivity (Wildman–Crippen MR) is 141 cm³/mol. The molecule has 0 saturated carbocycles. The molecule has 0 aliphatic carbocycles. The van der Waals surface area contributed by atoms with Gasteiger partial charge in [-0.1, -0.05) is 37.3 Å². The van der Waals surface area contributed by atoms with E-state index in [0.717, 1.165) is 51.2 Å². The van der Waals surface area contributed by atoms with Crippen LogP contribution in [0, 0.1) is 0 Å². The van der Waals surface area contributed by atoms with Crippen molar-refractivity contribution in [1.82, 2.24) is 20.4 Å². The van der Waals surface area contributed by atoms with Gasteiger partial charge in [-0.05, 0) is 62.2 Å². The highest BCUT2D eigenvalue weighted by atomic mass is 16.5. The van der Waals surface area contributed by atoms with Crippen LogP contribution in [0.3, 0.4) is 0 Å². The number of nitrogens with one attached hydrogen (secondary N) is 2. The van der Waals surface area contributed by atoms with Gasteiger partial charge in [0.2, 0.25) is 5.91 Å². The minimum Gasteiger partial charge on any atom is -0.496 e. The molecule has 2 aliphatic rings. The van der Waals surface area contributed by atoms with Crippen molar-refractivity contribution in [3.63, 3.8) is 0 Å². The lowest BCUT2D eigenvalue weighted by molar-refractivity contribution is -0.126. The zero-order valence-electron chi connectivity index (χ0n) is 21.6. The summed E-state index contributed by atoms with van der Waals surface area (Å²) in [5.41, 5.74) is 1.18. The Morgan fingerprint density at radius 2 is 1.91 bits per heavy atom. The van der Waals surface area contributed by atoms with Crippen LogP contribution in [0.2, 0.25) is 0 Å². The maximum absolute atomic E-state index is 13.2. The summed E-state index contributed by atoms with van der Waals surface area (Å²) < 4.78 is 10.8. The number of piperidine rings is 1. The fraction of sp³-hybridized carbons (Fsp3) is 0.607. The van der Waals surface area contributed by atoms with E-state index >= 15 is 0 Å². The molecule has 35 heavy (non-hydrogen) atoms. The number of fused-ring (bicyclic) bond motifs is 1. The number of methoxy groups -OCH3 is 2. The third kappa shape index (κ3) is 6.33. The molecule has 7 nitrogen and oxygen atoms in total. The van der Waals surface area contributed by atoms with Crippen LogP contribution in [0.15, 0.2) is 36.4 Å². The molecule has 2 fully saturated rings. The van der Waals surface area contributed by atoms with Crippen molar-refractivity contribution in [1.29, 1.82) is 0 Å². The first kappa shape index (κ1) is 25.9. The van der Waals surface area contributed by atoms with Gasteiger partial charge in [0.05, 0.1) is 19.8 Å². The van der Waals surface area contributed by atoms with E-state index in [9.17, 15) is 4.79 Å². The first-order chi connectivity index (χ1) is 17.1. The van der Waals surface area contributed by atoms with Crippen LogP contribution in [0.4, 0.5) is 0 Å². The Kier molecular flexibility index (Phi) is 9.38. The molecule has 2 saturated heterocycles. The van der Waals surface area contributed by atoms with Gasteiger partial charge < -0.3 is 25.0 Å². The van der Waals surface area contributed by atoms with E-state index in [0.29, 0.717) is 19.2 Å². The Morgan fingerprint density at radius 1 is 1.11 bits per heavy atom. The number of carbonyl (C=O) groups is 1. The zero-order valence-corrected chi connectivity index (χ0v) is 21.6. The molecule has 2 heterocycles. The molecule has 2 atom stereocenters. The van der Waals surface area contributed by atoms with E-state index in [1.54, 1.807) is 14.2 Å². The van der Waals surface area contributed by atoms with E-state index in [1.807, 2.05) is 0 Å². The van der Waals surface area contributed by atoms with E-state index in [-0.39, 0.29) is 18.0 Å². The highest BCUT2D eigenvalue weighted by Crippen LogP contribution is 2.30. The lowest BCUT2D eigenvalue weighted by Crippen LogP contribution is -2.51. The van der Waals surface area contributed by atoms with Crippen molar-refractivity contribution in [3.05, 3.63) is 42.0 Å². The quantitative estimate of drug-likeness (QED) is 0.480. The number of rotatable bonds is 11. The number of likely N-dealkylation sites (tertiary alicyclic amines) is 2. The summed E-state index contributed by atoms with van der Waals surface area (Å²) in [5.74, 6) is 1.04. The summed E-state index contributed by atoms with van der Waals surface area (Å²) in [6, 6.07) is 13.2. The van der Waals surface area contributed by atoms with E-state index in [1.165, 1.54) is 29.3 Å². The van der Waals surface area contributed by atoms with Crippen molar-refractivity contribution in [2.24, 2.45) is 0 Å². The highest BCUT2D eigenvalue weighted by Gasteiger charge is 2.41. The Bertz CT molecular complexity index is 960. The number of benzene rings is 2. The number of carbonyl (C=O) groups excluding carboxylic acids is 1. The second kappa shape index (κ2) is 12.7. The van der Waals surface area contributed by atoms with Gasteiger partial charge in [0.1, 0.15) is 5.75 Å². The predicted octanol–water partition coefficient (Wildman–Crippen LogP) is 3.02. The lowest BCUT2D eigenvalue weighted by Gasteiger charge is -2.39. The third-order valence-electron chi connectivity index (χ3n) is 7.60. The number of amides is 1. The fourth-order valence-electron chi connectivity index (χ4n) is 5.79. The van der Waals surface area contributed by atoms with Crippen LogP contribution in [-0.4, -0.2) is 87.4 Å². The Hall–Kier alpha value is -2.19. The number of hydrogen-bond acceptors (Lipinski definition) is 6. The van der Waals surface area contributed by atoms with Gasteiger partial charge in [-0.25, -0.2) is 0 Å². The molecule has 4 rings (SSSR count). The molecule has 0 aromatic heterocycles. The summed E-state index contributed by atoms with van der Waals surface area (Å²) in [7, 11) is 3.40. The van der Waals surface area contributed by atoms with Crippen molar-refractivity contribution in [3.8, 4) is 5.75 Å². The van der Waals surface area contributed by atoms with Crippen molar-refractivity contribution < 1.29 is 14.3 Å². The minimum absolute atomic E-state index is 0.0958. The lowest BCUT2D eigenvalue weighted by atomic mass is 10.0. The fourth-order valence-corrected chi connectivity index (χ4v) is 5.79. The molecule has 2 aliphatic heterocycles. The normalized spacial score (nSPS) is 22.0. The van der Waals surface area contributed by atoms with Crippen molar-refractivity contribution in [2.75, 3.05) is 53.6 Å². The number of ether oxygens (including phenoxy) is 2. The molecule has 2 aromatic rings. The van der Waals surface area contributed by atoms with Crippen LogP contribution in [-0.2, 0) is 16.1 Å². The monoisotopic (exact) mass is 482 g/mol. The average molecular weight is 483 g/mol. The molecule has 192 valence electrons. The summed E-state index contributed by atoms with van der Waals surface area (Å²) in [6.45, 7) is 8.37. The first-order valence-electron chi connectivity index (χ1n) is 13.2. The van der Waals surface area contributed by atoms with Crippen LogP contribution < -0.4 is 15.4 Å². The van der Waals surface area contributed by atoms with Crippen LogP contribution in [0.1, 0.15) is 38.2 Å². The van der Waals surface area contributed by atoms with E-state index in [4.69, 9.17) is 9.47 Å². The van der Waals surface area contributed by atoms with Gasteiger partial charge in [0.15, 0.2) is 0 Å². The second-order valence-corrected chi connectivity index (χ2v) is 9.85. The first-order valence-corrected chi connectivity index (χ1v) is 13.2. The molecule has 0 radical (unpaired) electrons. The Morgan fingerprint density at radius 3 is 2.66 bits per heavy atom. The number of hydrogen-bond donors (Lipinski definition) is 2. The topological polar surface area (TPSA) is 66.1 Å². The molecular formula is C28H42N4O3. The summed E-state index contributed by atoms with van der Waals surface area (Å²) in [6.07, 6.45) is 4.28. The molecule has 1 amide bonds. The Labute approximate surface area is 210 Å². The summed E-state index contributed by atoms with van der Waals surface area (Å²) in [5, 5.41) is 9.30. The standard InChI is InChI=1S/C28H42N4O3/c1-4-14-31-15-11-23(12-16-31)32-20-22(18-26(32)28(33)29-13-17-34-2)30-19-25-24-8-6-5-7-21(24)9-10-27(25)35-3/h5-10,22-23,26,30H,4,11-20H2,1-3H3,(H,29,33)/t22-,26+/m1/s1. The van der Waals surface area contributed by atoms with Gasteiger partial charge in [-0.2, -0.15) is 0 Å². The summed E-state index contributed by atoms with van der Waals surface area (Å²) >= 11 is 0. The zero-order chi connectivity index (χ0) is 24.6. The maximum atomic E-state index is 13.2. The molecule has 7 heteroatoms. The van der Waals surface area contributed by atoms with Gasteiger partial charge in [0, 0.05) is 44.4 Å². The molecular weight excluding hydrogens is 440 g/mol. The highest BCUT2D eigenvalue weighted by molar-refractivity contribution is 5.87. The Balaban J connectivity index is 1.45. The molecule has 2 aromatic carbocycles. The van der Waals surface area contributed by atoms with Crippen molar-refractivity contribution >= 4 is 16.7 Å². The molecule has 0 unspecified atom stereocenters. The molecule has 0 bridgehead atoms. The van der Waals surface area contributed by atoms with Gasteiger partial charge in [-0.3, -0.25) is 9.69 Å². The van der Waals surface area contributed by atoms with Gasteiger partial charge in [0.25, 0.3) is 0 Å². The van der Waals surface area contributed by atoms with Gasteiger partial charge >= 0.3 is 0 Å². The molecule has 2 N–H and O–H groups in total. The van der Waals surface area contributed by atoms with Crippen molar-refractivity contribution in [2.45, 2.75) is 57.3 Å². The summed E-state index contributed by atoms with van der Waals surface area (Å²) in [4.78, 5) is 18.2. The third-order valence-corrected chi connectivity index (χ3v) is 7.60. The minimum atomic E-state index is -0.0958.